The van der Waals surface area contributed by atoms with Crippen molar-refractivity contribution in [2.24, 2.45) is 0 Å². The average Bonchev–Trinajstić information content (AvgIpc) is 2.83. The van der Waals surface area contributed by atoms with Crippen LogP contribution in [0.25, 0.3) is 21.8 Å². The van der Waals surface area contributed by atoms with Gasteiger partial charge in [0.05, 0.1) is 19.2 Å². The number of hydrogen-bond acceptors (Lipinski definition) is 2. The van der Waals surface area contributed by atoms with E-state index in [1.807, 2.05) is 24.3 Å². The summed E-state index contributed by atoms with van der Waals surface area (Å²) < 4.78 is 2.17. The molecular weight excluding hydrogens is 260 g/mol. The molecule has 3 aromatic rings. The predicted molar refractivity (Wildman–Crippen MR) is 87.2 cm³/mol. The Labute approximate surface area is 124 Å². The molecule has 1 heterocycles. The van der Waals surface area contributed by atoms with E-state index in [0.717, 1.165) is 11.0 Å². The summed E-state index contributed by atoms with van der Waals surface area (Å²) in [6, 6.07) is 16.6. The minimum atomic E-state index is -0.474. The Hall–Kier alpha value is -2.28. The summed E-state index contributed by atoms with van der Waals surface area (Å²) in [7, 11) is 0. The van der Waals surface area contributed by atoms with Crippen LogP contribution in [0.4, 0.5) is 0 Å². The number of nitrogens with zero attached hydrogens (tertiary/aromatic N) is 1. The van der Waals surface area contributed by atoms with Crippen LogP contribution in [0.15, 0.2) is 48.5 Å². The van der Waals surface area contributed by atoms with Crippen LogP contribution in [0.5, 0.6) is 0 Å². The van der Waals surface area contributed by atoms with Crippen molar-refractivity contribution in [3.05, 3.63) is 48.5 Å². The van der Waals surface area contributed by atoms with Crippen molar-refractivity contribution in [1.29, 1.82) is 0 Å². The van der Waals surface area contributed by atoms with Gasteiger partial charge in [-0.1, -0.05) is 42.3 Å². The largest absolute Gasteiger partial charge is 0.390 e. The standard InChI is InChI=1S/C18H18N2O/c1-2-11-19-12-14(21)13-20-17-9-5-3-7-15(17)16-8-4-6-10-18(16)20/h1,3-10,14,19,21H,11-13H2. The number of fused-ring (bicyclic) bond motifs is 3. The number of para-hydroxylation sites is 2. The number of aliphatic hydroxyl groups is 1. The summed E-state index contributed by atoms with van der Waals surface area (Å²) in [6.07, 6.45) is 4.73. The monoisotopic (exact) mass is 278 g/mol. The minimum absolute atomic E-state index is 0.474. The maximum Gasteiger partial charge on any atom is 0.0843 e. The number of terminal acetylenes is 1. The predicted octanol–water partition coefficient (Wildman–Crippen LogP) is 2.38. The Morgan fingerprint density at radius 3 is 2.19 bits per heavy atom. The van der Waals surface area contributed by atoms with E-state index in [1.165, 1.54) is 10.8 Å². The summed E-state index contributed by atoms with van der Waals surface area (Å²) in [4.78, 5) is 0. The van der Waals surface area contributed by atoms with Crippen molar-refractivity contribution in [3.63, 3.8) is 0 Å². The first-order valence-electron chi connectivity index (χ1n) is 7.09. The second-order valence-corrected chi connectivity index (χ2v) is 5.13. The molecule has 1 unspecified atom stereocenters. The Kier molecular flexibility index (Phi) is 3.92. The smallest absolute Gasteiger partial charge is 0.0843 e. The third-order valence-electron chi connectivity index (χ3n) is 3.68. The van der Waals surface area contributed by atoms with Gasteiger partial charge in [-0.15, -0.1) is 6.42 Å². The van der Waals surface area contributed by atoms with Crippen LogP contribution in [0.3, 0.4) is 0 Å². The lowest BCUT2D eigenvalue weighted by Crippen LogP contribution is -2.30. The minimum Gasteiger partial charge on any atom is -0.390 e. The van der Waals surface area contributed by atoms with Crippen LogP contribution in [0, 0.1) is 12.3 Å². The first-order valence-corrected chi connectivity index (χ1v) is 7.09. The van der Waals surface area contributed by atoms with E-state index < -0.39 is 6.10 Å². The molecule has 21 heavy (non-hydrogen) atoms. The molecule has 3 rings (SSSR count). The fourth-order valence-electron chi connectivity index (χ4n) is 2.79. The second kappa shape index (κ2) is 6.01. The summed E-state index contributed by atoms with van der Waals surface area (Å²) in [5.41, 5.74) is 2.30. The lowest BCUT2D eigenvalue weighted by molar-refractivity contribution is 0.156. The highest BCUT2D eigenvalue weighted by Gasteiger charge is 2.12. The highest BCUT2D eigenvalue weighted by atomic mass is 16.3. The highest BCUT2D eigenvalue weighted by Crippen LogP contribution is 2.28. The molecule has 0 bridgehead atoms. The number of benzene rings is 2. The van der Waals surface area contributed by atoms with Crippen LogP contribution >= 0.6 is 0 Å². The van der Waals surface area contributed by atoms with Gasteiger partial charge in [-0.3, -0.25) is 0 Å². The summed E-state index contributed by atoms with van der Waals surface area (Å²) in [5.74, 6) is 2.51. The summed E-state index contributed by atoms with van der Waals surface area (Å²) >= 11 is 0. The van der Waals surface area contributed by atoms with Crippen molar-refractivity contribution < 1.29 is 5.11 Å². The molecule has 0 amide bonds. The van der Waals surface area contributed by atoms with E-state index in [1.54, 1.807) is 0 Å². The van der Waals surface area contributed by atoms with Gasteiger partial charge in [-0.25, -0.2) is 0 Å². The van der Waals surface area contributed by atoms with E-state index in [4.69, 9.17) is 6.42 Å². The SMILES string of the molecule is C#CCNCC(O)Cn1c2ccccc2c2ccccc21. The highest BCUT2D eigenvalue weighted by molar-refractivity contribution is 6.07. The quantitative estimate of drug-likeness (QED) is 0.555. The zero-order chi connectivity index (χ0) is 14.7. The van der Waals surface area contributed by atoms with Crippen molar-refractivity contribution in [2.45, 2.75) is 12.6 Å². The number of hydrogen-bond donors (Lipinski definition) is 2. The molecule has 3 heteroatoms. The number of nitrogens with one attached hydrogen (secondary N) is 1. The van der Waals surface area contributed by atoms with E-state index in [9.17, 15) is 5.11 Å². The summed E-state index contributed by atoms with van der Waals surface area (Å²) in [5, 5.41) is 15.7. The first kappa shape index (κ1) is 13.7. The van der Waals surface area contributed by atoms with Gasteiger partial charge in [0.25, 0.3) is 0 Å². The van der Waals surface area contributed by atoms with Gasteiger partial charge in [0.15, 0.2) is 0 Å². The van der Waals surface area contributed by atoms with Gasteiger partial charge >= 0.3 is 0 Å². The number of aliphatic hydroxyl groups excluding tert-OH is 1. The van der Waals surface area contributed by atoms with Gasteiger partial charge in [-0.05, 0) is 12.1 Å². The van der Waals surface area contributed by atoms with Gasteiger partial charge in [0.1, 0.15) is 0 Å². The lowest BCUT2D eigenvalue weighted by Gasteiger charge is -2.14. The summed E-state index contributed by atoms with van der Waals surface area (Å²) in [6.45, 7) is 1.51. The first-order chi connectivity index (χ1) is 10.3. The van der Waals surface area contributed by atoms with Gasteiger partial charge in [-0.2, -0.15) is 0 Å². The molecule has 3 nitrogen and oxygen atoms in total. The normalized spacial score (nSPS) is 12.6. The van der Waals surface area contributed by atoms with Crippen molar-refractivity contribution in [1.82, 2.24) is 9.88 Å². The van der Waals surface area contributed by atoms with Crippen molar-refractivity contribution >= 4 is 21.8 Å². The zero-order valence-electron chi connectivity index (χ0n) is 11.8. The number of rotatable bonds is 5. The van der Waals surface area contributed by atoms with Crippen LogP contribution in [-0.2, 0) is 6.54 Å². The molecule has 0 saturated heterocycles. The van der Waals surface area contributed by atoms with Gasteiger partial charge in [0, 0.05) is 28.4 Å². The Morgan fingerprint density at radius 2 is 1.62 bits per heavy atom. The van der Waals surface area contributed by atoms with Crippen LogP contribution in [0.1, 0.15) is 0 Å². The van der Waals surface area contributed by atoms with E-state index >= 15 is 0 Å². The van der Waals surface area contributed by atoms with Crippen LogP contribution in [0.2, 0.25) is 0 Å². The van der Waals surface area contributed by atoms with E-state index in [-0.39, 0.29) is 0 Å². The van der Waals surface area contributed by atoms with E-state index in [0.29, 0.717) is 19.6 Å². The molecule has 0 spiro atoms. The van der Waals surface area contributed by atoms with Crippen LogP contribution in [-0.4, -0.2) is 28.9 Å². The molecule has 1 atom stereocenters. The fraction of sp³-hybridized carbons (Fsp3) is 0.222. The Balaban J connectivity index is 1.98. The third-order valence-corrected chi connectivity index (χ3v) is 3.68. The lowest BCUT2D eigenvalue weighted by atomic mass is 10.2. The van der Waals surface area contributed by atoms with Crippen molar-refractivity contribution in [3.8, 4) is 12.3 Å². The molecule has 106 valence electrons. The molecule has 0 aliphatic carbocycles. The molecule has 1 aromatic heterocycles. The molecule has 2 N–H and O–H groups in total. The van der Waals surface area contributed by atoms with E-state index in [2.05, 4.69) is 40.1 Å². The second-order valence-electron chi connectivity index (χ2n) is 5.13. The van der Waals surface area contributed by atoms with Crippen molar-refractivity contribution in [2.75, 3.05) is 13.1 Å². The van der Waals surface area contributed by atoms with Crippen LogP contribution < -0.4 is 5.32 Å². The molecular formula is C18H18N2O. The fourth-order valence-corrected chi connectivity index (χ4v) is 2.79. The molecule has 0 aliphatic heterocycles. The molecule has 0 radical (unpaired) electrons. The maximum atomic E-state index is 10.2. The number of aromatic nitrogens is 1. The van der Waals surface area contributed by atoms with Gasteiger partial charge in [0.2, 0.25) is 0 Å². The molecule has 0 aliphatic rings. The maximum absolute atomic E-state index is 10.2. The zero-order valence-corrected chi connectivity index (χ0v) is 11.8. The third kappa shape index (κ3) is 2.64. The average molecular weight is 278 g/mol. The molecule has 0 fully saturated rings. The Morgan fingerprint density at radius 1 is 1.05 bits per heavy atom. The molecule has 2 aromatic carbocycles. The van der Waals surface area contributed by atoms with Gasteiger partial charge < -0.3 is 15.0 Å². The molecule has 0 saturated carbocycles. The topological polar surface area (TPSA) is 37.2 Å². The Bertz CT molecular complexity index is 744.